The Morgan fingerprint density at radius 3 is 2.82 bits per heavy atom. The zero-order valence-corrected chi connectivity index (χ0v) is 11.0. The number of hydrogen-bond acceptors (Lipinski definition) is 4. The van der Waals surface area contributed by atoms with Crippen molar-refractivity contribution in [1.29, 1.82) is 0 Å². The molecule has 1 heterocycles. The summed E-state index contributed by atoms with van der Waals surface area (Å²) in [6.45, 7) is 1.93. The quantitative estimate of drug-likeness (QED) is 0.844. The maximum atomic E-state index is 6.30. The first-order valence-electron chi connectivity index (χ1n) is 5.99. The van der Waals surface area contributed by atoms with Gasteiger partial charge in [0.25, 0.3) is 0 Å². The van der Waals surface area contributed by atoms with Crippen LogP contribution in [0.3, 0.4) is 0 Å². The van der Waals surface area contributed by atoms with E-state index in [0.717, 1.165) is 18.5 Å². The van der Waals surface area contributed by atoms with Crippen LogP contribution in [0.2, 0.25) is 0 Å². The number of aromatic nitrogens is 2. The predicted molar refractivity (Wildman–Crippen MR) is 68.8 cm³/mol. The smallest absolute Gasteiger partial charge is 0.226 e. The first-order valence-corrected chi connectivity index (χ1v) is 6.43. The number of hydrogen-bond donors (Lipinski definition) is 1. The highest BCUT2D eigenvalue weighted by Crippen LogP contribution is 2.25. The maximum absolute atomic E-state index is 6.30. The summed E-state index contributed by atoms with van der Waals surface area (Å²) in [5, 5.41) is 3.48. The normalized spacial score (nSPS) is 24.4. The van der Waals surface area contributed by atoms with Crippen LogP contribution >= 0.6 is 11.6 Å². The van der Waals surface area contributed by atoms with E-state index in [9.17, 15) is 0 Å². The van der Waals surface area contributed by atoms with Crippen molar-refractivity contribution < 1.29 is 4.74 Å². The Labute approximate surface area is 107 Å². The Hall–Kier alpha value is -1.03. The molecule has 17 heavy (non-hydrogen) atoms. The number of methoxy groups -OCH3 is 1. The molecule has 4 nitrogen and oxygen atoms in total. The molecule has 1 N–H and O–H groups in total. The minimum atomic E-state index is 0.166. The second-order valence-corrected chi connectivity index (χ2v) is 4.99. The number of nitrogens with zero attached hydrogens (tertiary/aromatic N) is 2. The molecule has 0 aromatic carbocycles. The molecule has 0 amide bonds. The fourth-order valence-corrected chi connectivity index (χ4v) is 2.47. The van der Waals surface area contributed by atoms with Gasteiger partial charge in [0.15, 0.2) is 0 Å². The van der Waals surface area contributed by atoms with Crippen LogP contribution in [-0.4, -0.2) is 28.5 Å². The molecular formula is C12H18ClN3O. The average Bonchev–Trinajstić information content (AvgIpc) is 2.31. The molecule has 0 saturated heterocycles. The molecule has 2 rings (SSSR count). The molecule has 1 aliphatic carbocycles. The summed E-state index contributed by atoms with van der Waals surface area (Å²) in [7, 11) is 1.61. The summed E-state index contributed by atoms with van der Waals surface area (Å²) in [5.74, 6) is 1.20. The van der Waals surface area contributed by atoms with Gasteiger partial charge in [-0.1, -0.05) is 12.8 Å². The Bertz CT molecular complexity index is 386. The van der Waals surface area contributed by atoms with E-state index in [2.05, 4.69) is 15.3 Å². The van der Waals surface area contributed by atoms with Gasteiger partial charge in [-0.05, 0) is 19.8 Å². The molecular weight excluding hydrogens is 238 g/mol. The zero-order valence-electron chi connectivity index (χ0n) is 10.2. The van der Waals surface area contributed by atoms with Gasteiger partial charge in [0.05, 0.1) is 12.5 Å². The van der Waals surface area contributed by atoms with Crippen LogP contribution in [0.5, 0.6) is 5.88 Å². The number of alkyl halides is 1. The van der Waals surface area contributed by atoms with Crippen LogP contribution in [0.25, 0.3) is 0 Å². The lowest BCUT2D eigenvalue weighted by molar-refractivity contribution is 0.396. The van der Waals surface area contributed by atoms with E-state index < -0.39 is 0 Å². The second kappa shape index (κ2) is 5.54. The van der Waals surface area contributed by atoms with E-state index >= 15 is 0 Å². The number of rotatable bonds is 3. The summed E-state index contributed by atoms with van der Waals surface area (Å²) in [6.07, 6.45) is 4.56. The standard InChI is InChI=1S/C12H18ClN3O/c1-8-7-11(17-2)16-12(14-8)15-10-6-4-3-5-9(10)13/h7,9-10H,3-6H2,1-2H3,(H,14,15,16). The first-order chi connectivity index (χ1) is 8.19. The third-order valence-electron chi connectivity index (χ3n) is 3.04. The Balaban J connectivity index is 2.09. The topological polar surface area (TPSA) is 47.0 Å². The lowest BCUT2D eigenvalue weighted by Gasteiger charge is -2.27. The summed E-state index contributed by atoms with van der Waals surface area (Å²) in [5.41, 5.74) is 0.890. The maximum Gasteiger partial charge on any atom is 0.226 e. The van der Waals surface area contributed by atoms with Crippen LogP contribution < -0.4 is 10.1 Å². The van der Waals surface area contributed by atoms with Gasteiger partial charge < -0.3 is 10.1 Å². The van der Waals surface area contributed by atoms with E-state index in [1.807, 2.05) is 13.0 Å². The van der Waals surface area contributed by atoms with Crippen LogP contribution in [0, 0.1) is 6.92 Å². The first kappa shape index (κ1) is 12.4. The Kier molecular flexibility index (Phi) is 4.05. The third kappa shape index (κ3) is 3.22. The van der Waals surface area contributed by atoms with E-state index in [4.69, 9.17) is 16.3 Å². The molecule has 2 unspecified atom stereocenters. The average molecular weight is 256 g/mol. The van der Waals surface area contributed by atoms with Crippen LogP contribution in [0.4, 0.5) is 5.95 Å². The molecule has 1 aromatic rings. The zero-order chi connectivity index (χ0) is 12.3. The highest BCUT2D eigenvalue weighted by Gasteiger charge is 2.23. The van der Waals surface area contributed by atoms with Gasteiger partial charge in [-0.25, -0.2) is 4.98 Å². The predicted octanol–water partition coefficient (Wildman–Crippen LogP) is 2.76. The summed E-state index contributed by atoms with van der Waals surface area (Å²) >= 11 is 6.30. The van der Waals surface area contributed by atoms with Gasteiger partial charge >= 0.3 is 0 Å². The van der Waals surface area contributed by atoms with Crippen molar-refractivity contribution in [2.24, 2.45) is 0 Å². The number of ether oxygens (including phenoxy) is 1. The molecule has 0 spiro atoms. The fourth-order valence-electron chi connectivity index (χ4n) is 2.12. The molecule has 0 aliphatic heterocycles. The van der Waals surface area contributed by atoms with E-state index in [0.29, 0.717) is 11.8 Å². The monoisotopic (exact) mass is 255 g/mol. The van der Waals surface area contributed by atoms with Gasteiger partial charge in [-0.15, -0.1) is 11.6 Å². The Morgan fingerprint density at radius 2 is 2.12 bits per heavy atom. The number of aryl methyl sites for hydroxylation is 1. The van der Waals surface area contributed by atoms with Crippen LogP contribution in [0.1, 0.15) is 31.4 Å². The SMILES string of the molecule is COc1cc(C)nc(NC2CCCCC2Cl)n1. The highest BCUT2D eigenvalue weighted by molar-refractivity contribution is 6.21. The van der Waals surface area contributed by atoms with Crippen LogP contribution in [0.15, 0.2) is 6.07 Å². The van der Waals surface area contributed by atoms with Crippen molar-refractivity contribution in [3.8, 4) is 5.88 Å². The van der Waals surface area contributed by atoms with Gasteiger partial charge in [-0.3, -0.25) is 0 Å². The van der Waals surface area contributed by atoms with Crippen molar-refractivity contribution in [3.05, 3.63) is 11.8 Å². The van der Waals surface area contributed by atoms with Crippen LogP contribution in [-0.2, 0) is 0 Å². The minimum absolute atomic E-state index is 0.166. The van der Waals surface area contributed by atoms with Gasteiger partial charge in [0, 0.05) is 17.8 Å². The number of nitrogens with one attached hydrogen (secondary N) is 1. The van der Waals surface area contributed by atoms with E-state index in [-0.39, 0.29) is 11.4 Å². The molecule has 1 fully saturated rings. The lowest BCUT2D eigenvalue weighted by Crippen LogP contribution is -2.33. The van der Waals surface area contributed by atoms with Crippen molar-refractivity contribution >= 4 is 17.5 Å². The molecule has 0 bridgehead atoms. The molecule has 1 aliphatic rings. The van der Waals surface area contributed by atoms with Crippen molar-refractivity contribution in [3.63, 3.8) is 0 Å². The van der Waals surface area contributed by atoms with E-state index in [1.54, 1.807) is 7.11 Å². The molecule has 2 atom stereocenters. The molecule has 5 heteroatoms. The lowest BCUT2D eigenvalue weighted by atomic mass is 9.95. The number of halogens is 1. The van der Waals surface area contributed by atoms with Crippen molar-refractivity contribution in [1.82, 2.24) is 9.97 Å². The fraction of sp³-hybridized carbons (Fsp3) is 0.667. The summed E-state index contributed by atoms with van der Waals surface area (Å²) < 4.78 is 5.13. The second-order valence-electron chi connectivity index (χ2n) is 4.43. The summed E-state index contributed by atoms with van der Waals surface area (Å²) in [4.78, 5) is 8.63. The van der Waals surface area contributed by atoms with Gasteiger partial charge in [0.2, 0.25) is 11.8 Å². The summed E-state index contributed by atoms with van der Waals surface area (Å²) in [6, 6.07) is 2.07. The molecule has 0 radical (unpaired) electrons. The molecule has 94 valence electrons. The largest absolute Gasteiger partial charge is 0.481 e. The van der Waals surface area contributed by atoms with Crippen molar-refractivity contribution in [2.45, 2.75) is 44.0 Å². The molecule has 1 saturated carbocycles. The minimum Gasteiger partial charge on any atom is -0.481 e. The Morgan fingerprint density at radius 1 is 1.35 bits per heavy atom. The third-order valence-corrected chi connectivity index (χ3v) is 3.56. The van der Waals surface area contributed by atoms with Gasteiger partial charge in [0.1, 0.15) is 0 Å². The highest BCUT2D eigenvalue weighted by atomic mass is 35.5. The number of anilines is 1. The van der Waals surface area contributed by atoms with E-state index in [1.165, 1.54) is 12.8 Å². The molecule has 1 aromatic heterocycles. The van der Waals surface area contributed by atoms with Gasteiger partial charge in [-0.2, -0.15) is 4.98 Å². The van der Waals surface area contributed by atoms with Crippen molar-refractivity contribution in [2.75, 3.05) is 12.4 Å².